The summed E-state index contributed by atoms with van der Waals surface area (Å²) in [4.78, 5) is 10.0. The molecule has 2 atom stereocenters. The van der Waals surface area contributed by atoms with Crippen molar-refractivity contribution < 1.29 is 55.4 Å². The Bertz CT molecular complexity index is 996. The molecule has 0 aliphatic heterocycles. The number of rotatable bonds is 5. The third kappa shape index (κ3) is 47.6. The molecular formula is C32H58Cl2N2O7S2Ti. The summed E-state index contributed by atoms with van der Waals surface area (Å²) in [7, 11) is -2.35. The van der Waals surface area contributed by atoms with Crippen molar-refractivity contribution in [3.05, 3.63) is 69.7 Å². The normalized spacial score (nSPS) is 11.1. The second kappa shape index (κ2) is 38.6. The van der Waals surface area contributed by atoms with Gasteiger partial charge in [-0.25, -0.2) is 8.42 Å². The van der Waals surface area contributed by atoms with Gasteiger partial charge in [0.25, 0.3) is 0 Å². The Kier molecular flexibility index (Phi) is 48.2. The van der Waals surface area contributed by atoms with Gasteiger partial charge in [0.2, 0.25) is 0 Å². The molecule has 0 spiro atoms. The van der Waals surface area contributed by atoms with E-state index < -0.39 is 22.0 Å². The molecule has 2 aromatic carbocycles. The minimum Gasteiger partial charge on any atom is -0.397 e. The van der Waals surface area contributed by atoms with E-state index in [1.807, 2.05) is 77.9 Å². The fourth-order valence-electron chi connectivity index (χ4n) is 1.71. The molecule has 0 fully saturated rings. The quantitative estimate of drug-likeness (QED) is 0.144. The molecule has 268 valence electrons. The number of carbonyl (C=O) groups excluding carboxylic acids is 1. The van der Waals surface area contributed by atoms with Crippen LogP contribution in [0.1, 0.15) is 80.4 Å². The van der Waals surface area contributed by atoms with Crippen LogP contribution in [0.25, 0.3) is 0 Å². The first-order valence-electron chi connectivity index (χ1n) is 14.3. The van der Waals surface area contributed by atoms with Crippen LogP contribution in [-0.2, 0) is 61.3 Å². The summed E-state index contributed by atoms with van der Waals surface area (Å²) in [6, 6.07) is 14.8. The molecule has 0 saturated carbocycles. The molecule has 0 bridgehead atoms. The SMILES string of the molecule is CC(C)(C)[S@@](N)=O.CC(C)(C)[S@](=O)N=CCc1ccc(Cl)cc1.CCO.CCO.CCO.CCO.O=CCc1ccc(Cl)cc1.[Ti]. The Morgan fingerprint density at radius 1 is 0.674 bits per heavy atom. The molecular weight excluding hydrogens is 707 g/mol. The van der Waals surface area contributed by atoms with Crippen molar-refractivity contribution in [2.75, 3.05) is 26.4 Å². The van der Waals surface area contributed by atoms with Crippen molar-refractivity contribution in [3.8, 4) is 0 Å². The first kappa shape index (κ1) is 57.4. The number of aldehydes is 1. The summed E-state index contributed by atoms with van der Waals surface area (Å²) < 4.78 is 25.4. The number of aliphatic hydroxyl groups excluding tert-OH is 4. The van der Waals surface area contributed by atoms with Gasteiger partial charge in [0.05, 0.1) is 20.5 Å². The number of aliphatic hydroxyl groups is 4. The Morgan fingerprint density at radius 2 is 0.935 bits per heavy atom. The van der Waals surface area contributed by atoms with Crippen LogP contribution in [0.15, 0.2) is 52.9 Å². The predicted molar refractivity (Wildman–Crippen MR) is 196 cm³/mol. The standard InChI is InChI=1S/C12H16ClNOS.C8H7ClO.C4H11NOS.4C2H6O.Ti/c1-12(2,3)16(15)14-9-8-10-4-6-11(13)7-5-10;9-8-3-1-7(2-4-8)5-6-10;1-4(2,3)7(5)6;4*1-2-3;/h4-7,9H,8H2,1-3H3;1-4,6H,5H2;5H2,1-3H3;4*3H,2H2,1H3;/t16-;;7-;;;;;/m0.0...../s1. The minimum atomic E-state index is -1.18. The summed E-state index contributed by atoms with van der Waals surface area (Å²) in [5, 5.41) is 36.7. The van der Waals surface area contributed by atoms with Crippen LogP contribution >= 0.6 is 23.2 Å². The fraction of sp³-hybridized carbons (Fsp3) is 0.562. The van der Waals surface area contributed by atoms with E-state index in [0.717, 1.165) is 22.4 Å². The van der Waals surface area contributed by atoms with Crippen molar-refractivity contribution >= 4 is 57.7 Å². The van der Waals surface area contributed by atoms with Crippen LogP contribution < -0.4 is 5.14 Å². The van der Waals surface area contributed by atoms with E-state index in [1.165, 1.54) is 0 Å². The Labute approximate surface area is 308 Å². The van der Waals surface area contributed by atoms with Gasteiger partial charge in [0.15, 0.2) is 0 Å². The molecule has 0 aromatic heterocycles. The maximum absolute atomic E-state index is 11.6. The monoisotopic (exact) mass is 764 g/mol. The first-order valence-corrected chi connectivity index (χ1v) is 17.4. The van der Waals surface area contributed by atoms with E-state index >= 15 is 0 Å². The Morgan fingerprint density at radius 3 is 1.15 bits per heavy atom. The van der Waals surface area contributed by atoms with Crippen molar-refractivity contribution in [3.63, 3.8) is 0 Å². The zero-order valence-electron chi connectivity index (χ0n) is 29.1. The van der Waals surface area contributed by atoms with E-state index in [0.29, 0.717) is 17.9 Å². The molecule has 6 N–H and O–H groups in total. The van der Waals surface area contributed by atoms with E-state index in [2.05, 4.69) is 4.40 Å². The zero-order chi connectivity index (χ0) is 36.5. The number of nitrogens with zero attached hydrogens (tertiary/aromatic N) is 1. The van der Waals surface area contributed by atoms with E-state index in [1.54, 1.807) is 46.0 Å². The number of carbonyl (C=O) groups is 1. The van der Waals surface area contributed by atoms with E-state index in [-0.39, 0.29) is 57.6 Å². The van der Waals surface area contributed by atoms with Crippen LogP contribution in [0.5, 0.6) is 0 Å². The predicted octanol–water partition coefficient (Wildman–Crippen LogP) is 5.90. The molecule has 0 unspecified atom stereocenters. The number of hydrogen-bond donors (Lipinski definition) is 5. The van der Waals surface area contributed by atoms with Gasteiger partial charge in [0, 0.05) is 77.2 Å². The molecule has 0 aliphatic rings. The topological polar surface area (TPSA) is 171 Å². The smallest absolute Gasteiger partial charge is 0.144 e. The second-order valence-corrected chi connectivity index (χ2v) is 14.8. The number of hydrogen-bond acceptors (Lipinski definition) is 7. The number of nitrogens with two attached hydrogens (primary N) is 1. The van der Waals surface area contributed by atoms with Crippen molar-refractivity contribution in [1.82, 2.24) is 0 Å². The third-order valence-electron chi connectivity index (χ3n) is 3.77. The van der Waals surface area contributed by atoms with Crippen LogP contribution in [0.2, 0.25) is 10.0 Å². The van der Waals surface area contributed by atoms with Crippen LogP contribution in [0, 0.1) is 0 Å². The summed E-state index contributed by atoms with van der Waals surface area (Å²) in [6.45, 7) is 18.9. The number of benzene rings is 2. The van der Waals surface area contributed by atoms with Gasteiger partial charge in [-0.1, -0.05) is 47.5 Å². The molecule has 0 heterocycles. The van der Waals surface area contributed by atoms with Crippen molar-refractivity contribution in [2.24, 2.45) is 9.54 Å². The van der Waals surface area contributed by atoms with Crippen molar-refractivity contribution in [1.29, 1.82) is 0 Å². The van der Waals surface area contributed by atoms with Gasteiger partial charge in [-0.05, 0) is 105 Å². The minimum absolute atomic E-state index is 0. The molecule has 46 heavy (non-hydrogen) atoms. The van der Waals surface area contributed by atoms with Gasteiger partial charge < -0.3 is 25.2 Å². The summed E-state index contributed by atoms with van der Waals surface area (Å²) >= 11 is 11.4. The van der Waals surface area contributed by atoms with Crippen LogP contribution in [0.4, 0.5) is 0 Å². The summed E-state index contributed by atoms with van der Waals surface area (Å²) in [5.41, 5.74) is 2.11. The molecule has 0 aliphatic carbocycles. The van der Waals surface area contributed by atoms with Gasteiger partial charge >= 0.3 is 0 Å². The van der Waals surface area contributed by atoms with E-state index in [9.17, 15) is 13.2 Å². The summed E-state index contributed by atoms with van der Waals surface area (Å²) in [5.74, 6) is 0. The average molecular weight is 766 g/mol. The Hall–Kier alpha value is -0.826. The molecule has 0 amide bonds. The van der Waals surface area contributed by atoms with Crippen molar-refractivity contribution in [2.45, 2.75) is 91.6 Å². The average Bonchev–Trinajstić information content (AvgIpc) is 2.93. The number of halogens is 2. The first-order chi connectivity index (χ1) is 20.8. The molecule has 0 radical (unpaired) electrons. The summed E-state index contributed by atoms with van der Waals surface area (Å²) in [6.07, 6.45) is 3.73. The fourth-order valence-corrected chi connectivity index (χ4v) is 2.48. The molecule has 0 saturated heterocycles. The van der Waals surface area contributed by atoms with E-state index in [4.69, 9.17) is 48.8 Å². The molecule has 2 rings (SSSR count). The molecule has 9 nitrogen and oxygen atoms in total. The zero-order valence-corrected chi connectivity index (χ0v) is 33.8. The van der Waals surface area contributed by atoms with Gasteiger partial charge in [-0.3, -0.25) is 5.14 Å². The Balaban J connectivity index is -0.000000115. The largest absolute Gasteiger partial charge is 0.397 e. The second-order valence-electron chi connectivity index (χ2n) is 10.2. The van der Waals surface area contributed by atoms with Crippen LogP contribution in [0.3, 0.4) is 0 Å². The maximum atomic E-state index is 11.6. The molecule has 14 heteroatoms. The van der Waals surface area contributed by atoms with Crippen LogP contribution in [-0.4, -0.2) is 77.3 Å². The maximum Gasteiger partial charge on any atom is 0.144 e. The van der Waals surface area contributed by atoms with Gasteiger partial charge in [-0.2, -0.15) is 4.40 Å². The molecule has 2 aromatic rings. The van der Waals surface area contributed by atoms with Gasteiger partial charge in [-0.15, -0.1) is 0 Å². The van der Waals surface area contributed by atoms with Gasteiger partial charge in [0.1, 0.15) is 17.3 Å². The third-order valence-corrected chi connectivity index (χ3v) is 6.87.